The summed E-state index contributed by atoms with van der Waals surface area (Å²) in [5, 5.41) is 14.3. The van der Waals surface area contributed by atoms with Gasteiger partial charge in [-0.25, -0.2) is 0 Å². The lowest BCUT2D eigenvalue weighted by atomic mass is 10.0. The molecule has 162 valence electrons. The van der Waals surface area contributed by atoms with E-state index in [2.05, 4.69) is 10.2 Å². The number of aliphatic hydroxyl groups excluding tert-OH is 1. The normalized spacial score (nSPS) is 17.7. The molecule has 1 aromatic heterocycles. The van der Waals surface area contributed by atoms with Crippen LogP contribution in [-0.4, -0.2) is 65.7 Å². The summed E-state index contributed by atoms with van der Waals surface area (Å²) in [7, 11) is 0. The van der Waals surface area contributed by atoms with E-state index in [1.54, 1.807) is 12.1 Å². The van der Waals surface area contributed by atoms with Gasteiger partial charge in [-0.15, -0.1) is 0 Å². The number of piperidine rings is 1. The summed E-state index contributed by atoms with van der Waals surface area (Å²) in [6, 6.07) is 7.52. The van der Waals surface area contributed by atoms with Gasteiger partial charge in [0.1, 0.15) is 6.54 Å². The third kappa shape index (κ3) is 6.22. The molecule has 1 aromatic carbocycles. The standard InChI is InChI=1S/C20H27F3IN3O2/c1-2-29-12-15(28)11-26-8-6-14(7-9-26)25-17-4-3-5-18-16(17)10-19(24)27(18)13-20(21,22)23/h3-5,10,14-15,25,28H,2,6-9,11-13H2,1H3. The highest BCUT2D eigenvalue weighted by Crippen LogP contribution is 2.32. The van der Waals surface area contributed by atoms with Gasteiger partial charge in [0.2, 0.25) is 0 Å². The number of fused-ring (bicyclic) bond motifs is 1. The minimum atomic E-state index is -4.26. The maximum absolute atomic E-state index is 12.9. The molecule has 2 heterocycles. The molecule has 1 aliphatic rings. The van der Waals surface area contributed by atoms with Crippen molar-refractivity contribution in [1.82, 2.24) is 9.47 Å². The van der Waals surface area contributed by atoms with Crippen molar-refractivity contribution in [3.05, 3.63) is 28.0 Å². The second-order valence-corrected chi connectivity index (χ2v) is 8.54. The first-order valence-electron chi connectivity index (χ1n) is 9.86. The Hall–Kier alpha value is -1.04. The average Bonchev–Trinajstić information content (AvgIpc) is 2.97. The van der Waals surface area contributed by atoms with E-state index in [0.29, 0.717) is 29.0 Å². The maximum atomic E-state index is 12.9. The number of alkyl halides is 3. The number of nitrogens with zero attached hydrogens (tertiary/aromatic N) is 2. The Bertz CT molecular complexity index is 804. The number of aliphatic hydroxyl groups is 1. The van der Waals surface area contributed by atoms with Gasteiger partial charge in [0, 0.05) is 43.4 Å². The van der Waals surface area contributed by atoms with Crippen LogP contribution in [0.15, 0.2) is 24.3 Å². The summed E-state index contributed by atoms with van der Waals surface area (Å²) in [6.07, 6.45) is -2.91. The number of benzene rings is 1. The zero-order valence-electron chi connectivity index (χ0n) is 16.4. The van der Waals surface area contributed by atoms with E-state index < -0.39 is 18.8 Å². The second-order valence-electron chi connectivity index (χ2n) is 7.44. The van der Waals surface area contributed by atoms with Crippen LogP contribution >= 0.6 is 22.6 Å². The molecule has 0 saturated carbocycles. The summed E-state index contributed by atoms with van der Waals surface area (Å²) >= 11 is 1.96. The number of ether oxygens (including phenoxy) is 1. The third-order valence-electron chi connectivity index (χ3n) is 5.16. The molecule has 29 heavy (non-hydrogen) atoms. The van der Waals surface area contributed by atoms with Crippen LogP contribution in [0.2, 0.25) is 0 Å². The fraction of sp³-hybridized carbons (Fsp3) is 0.600. The number of β-amino-alcohol motifs (C(OH)–C–C–N with tert-alkyl or cyclic N) is 1. The lowest BCUT2D eigenvalue weighted by molar-refractivity contribution is -0.140. The van der Waals surface area contributed by atoms with E-state index in [4.69, 9.17) is 4.74 Å². The van der Waals surface area contributed by atoms with Crippen molar-refractivity contribution < 1.29 is 23.0 Å². The molecule has 2 N–H and O–H groups in total. The van der Waals surface area contributed by atoms with Crippen LogP contribution in [0, 0.1) is 3.70 Å². The Kier molecular flexibility index (Phi) is 7.69. The summed E-state index contributed by atoms with van der Waals surface area (Å²) in [4.78, 5) is 2.23. The number of likely N-dealkylation sites (tertiary alicyclic amines) is 1. The zero-order valence-corrected chi connectivity index (χ0v) is 18.5. The van der Waals surface area contributed by atoms with E-state index in [1.807, 2.05) is 41.6 Å². The first-order chi connectivity index (χ1) is 13.8. The van der Waals surface area contributed by atoms with Crippen LogP contribution in [-0.2, 0) is 11.3 Å². The molecular weight excluding hydrogens is 498 g/mol. The monoisotopic (exact) mass is 525 g/mol. The molecular formula is C20H27F3IN3O2. The van der Waals surface area contributed by atoms with Crippen LogP contribution < -0.4 is 5.32 Å². The van der Waals surface area contributed by atoms with Crippen LogP contribution in [0.3, 0.4) is 0 Å². The summed E-state index contributed by atoms with van der Waals surface area (Å²) in [5.41, 5.74) is 1.46. The summed E-state index contributed by atoms with van der Waals surface area (Å²) in [6.45, 7) is 4.19. The second kappa shape index (κ2) is 9.84. The van der Waals surface area contributed by atoms with Crippen molar-refractivity contribution in [2.45, 2.75) is 44.6 Å². The quantitative estimate of drug-likeness (QED) is 0.511. The Morgan fingerprint density at radius 3 is 2.69 bits per heavy atom. The Balaban J connectivity index is 1.62. The number of halogens is 4. The van der Waals surface area contributed by atoms with Crippen molar-refractivity contribution in [3.63, 3.8) is 0 Å². The van der Waals surface area contributed by atoms with E-state index in [0.717, 1.165) is 37.0 Å². The molecule has 5 nitrogen and oxygen atoms in total. The van der Waals surface area contributed by atoms with Crippen molar-refractivity contribution in [2.75, 3.05) is 38.2 Å². The van der Waals surface area contributed by atoms with Gasteiger partial charge >= 0.3 is 6.18 Å². The number of hydrogen-bond donors (Lipinski definition) is 2. The molecule has 1 atom stereocenters. The predicted molar refractivity (Wildman–Crippen MR) is 116 cm³/mol. The Morgan fingerprint density at radius 1 is 1.31 bits per heavy atom. The smallest absolute Gasteiger partial charge is 0.389 e. The predicted octanol–water partition coefficient (Wildman–Crippen LogP) is 4.08. The van der Waals surface area contributed by atoms with E-state index in [-0.39, 0.29) is 6.04 Å². The molecule has 0 radical (unpaired) electrons. The van der Waals surface area contributed by atoms with Crippen molar-refractivity contribution >= 4 is 39.2 Å². The fourth-order valence-electron chi connectivity index (χ4n) is 3.80. The lowest BCUT2D eigenvalue weighted by Gasteiger charge is -2.34. The largest absolute Gasteiger partial charge is 0.406 e. The molecule has 1 fully saturated rings. The van der Waals surface area contributed by atoms with Crippen molar-refractivity contribution in [2.24, 2.45) is 0 Å². The van der Waals surface area contributed by atoms with Gasteiger partial charge in [0.25, 0.3) is 0 Å². The number of aromatic nitrogens is 1. The zero-order chi connectivity index (χ0) is 21.0. The highest BCUT2D eigenvalue weighted by atomic mass is 127. The van der Waals surface area contributed by atoms with Crippen molar-refractivity contribution in [3.8, 4) is 0 Å². The van der Waals surface area contributed by atoms with E-state index in [1.165, 1.54) is 4.57 Å². The number of anilines is 1. The van der Waals surface area contributed by atoms with Crippen LogP contribution in [0.1, 0.15) is 19.8 Å². The minimum Gasteiger partial charge on any atom is -0.389 e. The molecule has 0 bridgehead atoms. The van der Waals surface area contributed by atoms with Gasteiger partial charge in [-0.05, 0) is 60.6 Å². The van der Waals surface area contributed by atoms with E-state index in [9.17, 15) is 18.3 Å². The lowest BCUT2D eigenvalue weighted by Crippen LogP contribution is -2.43. The molecule has 1 unspecified atom stereocenters. The molecule has 1 aliphatic heterocycles. The summed E-state index contributed by atoms with van der Waals surface area (Å²) < 4.78 is 45.9. The third-order valence-corrected chi connectivity index (χ3v) is 6.06. The maximum Gasteiger partial charge on any atom is 0.406 e. The number of nitrogens with one attached hydrogen (secondary N) is 1. The number of hydrogen-bond acceptors (Lipinski definition) is 4. The highest BCUT2D eigenvalue weighted by Gasteiger charge is 2.30. The van der Waals surface area contributed by atoms with Gasteiger partial charge in [0.05, 0.1) is 21.9 Å². The van der Waals surface area contributed by atoms with Crippen LogP contribution in [0.25, 0.3) is 10.9 Å². The Morgan fingerprint density at radius 2 is 2.03 bits per heavy atom. The van der Waals surface area contributed by atoms with Gasteiger partial charge in [-0.1, -0.05) is 6.07 Å². The molecule has 0 amide bonds. The minimum absolute atomic E-state index is 0.254. The van der Waals surface area contributed by atoms with Crippen LogP contribution in [0.5, 0.6) is 0 Å². The van der Waals surface area contributed by atoms with Gasteiger partial charge < -0.3 is 24.6 Å². The number of rotatable bonds is 8. The highest BCUT2D eigenvalue weighted by molar-refractivity contribution is 14.1. The van der Waals surface area contributed by atoms with Gasteiger partial charge in [-0.2, -0.15) is 13.2 Å². The van der Waals surface area contributed by atoms with Gasteiger partial charge in [0.15, 0.2) is 0 Å². The van der Waals surface area contributed by atoms with Crippen molar-refractivity contribution in [1.29, 1.82) is 0 Å². The average molecular weight is 525 g/mol. The molecule has 2 aromatic rings. The fourth-order valence-corrected chi connectivity index (χ4v) is 4.54. The molecule has 9 heteroatoms. The SMILES string of the molecule is CCOCC(O)CN1CCC(Nc2cccc3c2cc(I)n3CC(F)(F)F)CC1. The molecule has 3 rings (SSSR count). The van der Waals surface area contributed by atoms with E-state index >= 15 is 0 Å². The molecule has 0 aliphatic carbocycles. The Labute approximate surface area is 182 Å². The molecule has 0 spiro atoms. The summed E-state index contributed by atoms with van der Waals surface area (Å²) in [5.74, 6) is 0. The molecule has 1 saturated heterocycles. The van der Waals surface area contributed by atoms with Gasteiger partial charge in [-0.3, -0.25) is 0 Å². The first-order valence-corrected chi connectivity index (χ1v) is 10.9. The van der Waals surface area contributed by atoms with Crippen LogP contribution in [0.4, 0.5) is 18.9 Å². The topological polar surface area (TPSA) is 49.7 Å². The first kappa shape index (κ1) is 22.6.